The number of nitriles is 1. The quantitative estimate of drug-likeness (QED) is 0.857. The molecule has 3 rings (SSSR count). The molecule has 0 fully saturated rings. The van der Waals surface area contributed by atoms with Crippen LogP contribution >= 0.6 is 0 Å². The molecule has 1 aliphatic carbocycles. The summed E-state index contributed by atoms with van der Waals surface area (Å²) < 4.78 is 21.5. The zero-order chi connectivity index (χ0) is 17.3. The molecule has 1 aliphatic rings. The highest BCUT2D eigenvalue weighted by molar-refractivity contribution is 5.82. The van der Waals surface area contributed by atoms with Crippen molar-refractivity contribution >= 4 is 16.6 Å². The summed E-state index contributed by atoms with van der Waals surface area (Å²) in [6.45, 7) is 5.33. The van der Waals surface area contributed by atoms with Gasteiger partial charge >= 0.3 is 0 Å². The van der Waals surface area contributed by atoms with Crippen LogP contribution in [0.2, 0.25) is 0 Å². The van der Waals surface area contributed by atoms with Crippen LogP contribution in [0, 0.1) is 25.2 Å². The third kappa shape index (κ3) is 2.85. The van der Waals surface area contributed by atoms with Crippen molar-refractivity contribution in [3.05, 3.63) is 46.8 Å². The number of rotatable bonds is 4. The van der Waals surface area contributed by atoms with Crippen LogP contribution in [0.4, 0.5) is 4.39 Å². The minimum atomic E-state index is -1.27. The highest BCUT2D eigenvalue weighted by Gasteiger charge is 2.23. The molecule has 24 heavy (non-hydrogen) atoms. The van der Waals surface area contributed by atoms with Gasteiger partial charge in [0.15, 0.2) is 0 Å². The lowest BCUT2D eigenvalue weighted by atomic mass is 9.97. The van der Waals surface area contributed by atoms with E-state index in [0.717, 1.165) is 22.4 Å². The van der Waals surface area contributed by atoms with Gasteiger partial charge in [0.05, 0.1) is 29.3 Å². The summed E-state index contributed by atoms with van der Waals surface area (Å²) in [6.07, 6.45) is 2.26. The zero-order valence-corrected chi connectivity index (χ0v) is 14.1. The average Bonchev–Trinajstić information content (AvgIpc) is 2.90. The SMILES string of the molecule is COCCn1c(C2=CC=C(C#N)C(F)C2)nc2cc(C)c(C)cc21. The number of alkyl halides is 1. The first-order valence-corrected chi connectivity index (χ1v) is 7.97. The van der Waals surface area contributed by atoms with Gasteiger partial charge in [-0.15, -0.1) is 0 Å². The highest BCUT2D eigenvalue weighted by Crippen LogP contribution is 2.31. The predicted molar refractivity (Wildman–Crippen MR) is 92.3 cm³/mol. The van der Waals surface area contributed by atoms with E-state index in [1.807, 2.05) is 6.07 Å². The van der Waals surface area contributed by atoms with Crippen molar-refractivity contribution in [1.82, 2.24) is 9.55 Å². The number of aromatic nitrogens is 2. The molecule has 0 aliphatic heterocycles. The van der Waals surface area contributed by atoms with Gasteiger partial charge in [-0.05, 0) is 48.8 Å². The molecule has 0 N–H and O–H groups in total. The molecule has 0 bridgehead atoms. The Balaban J connectivity index is 2.15. The molecule has 1 heterocycles. The van der Waals surface area contributed by atoms with Gasteiger partial charge < -0.3 is 9.30 Å². The Labute approximate surface area is 140 Å². The standard InChI is InChI=1S/C19H20FN3O/c1-12-8-17-18(9-13(12)2)23(6-7-24-3)19(22-17)14-4-5-15(11-21)16(20)10-14/h4-5,8-9,16H,6-7,10H2,1-3H3. The number of hydrogen-bond acceptors (Lipinski definition) is 3. The van der Waals surface area contributed by atoms with E-state index >= 15 is 0 Å². The van der Waals surface area contributed by atoms with Gasteiger partial charge in [-0.1, -0.05) is 6.08 Å². The summed E-state index contributed by atoms with van der Waals surface area (Å²) in [5, 5.41) is 8.94. The normalized spacial score (nSPS) is 17.5. The third-order valence-corrected chi connectivity index (χ3v) is 4.50. The first kappa shape index (κ1) is 16.4. The molecule has 0 spiro atoms. The van der Waals surface area contributed by atoms with Crippen molar-refractivity contribution in [2.45, 2.75) is 33.0 Å². The first-order valence-electron chi connectivity index (χ1n) is 7.97. The second kappa shape index (κ2) is 6.58. The predicted octanol–water partition coefficient (Wildman–Crippen LogP) is 3.87. The van der Waals surface area contributed by atoms with E-state index in [2.05, 4.69) is 30.5 Å². The van der Waals surface area contributed by atoms with E-state index in [4.69, 9.17) is 15.0 Å². The van der Waals surface area contributed by atoms with Gasteiger partial charge in [0, 0.05) is 20.1 Å². The molecule has 0 saturated heterocycles. The van der Waals surface area contributed by atoms with E-state index in [1.165, 1.54) is 11.1 Å². The zero-order valence-electron chi connectivity index (χ0n) is 14.1. The molecule has 0 saturated carbocycles. The topological polar surface area (TPSA) is 50.8 Å². The fourth-order valence-corrected chi connectivity index (χ4v) is 2.97. The van der Waals surface area contributed by atoms with E-state index < -0.39 is 6.17 Å². The van der Waals surface area contributed by atoms with Crippen molar-refractivity contribution in [2.24, 2.45) is 0 Å². The minimum Gasteiger partial charge on any atom is -0.383 e. The Morgan fingerprint density at radius 2 is 2.08 bits per heavy atom. The number of fused-ring (bicyclic) bond motifs is 1. The summed E-state index contributed by atoms with van der Waals surface area (Å²) in [4.78, 5) is 4.74. The summed E-state index contributed by atoms with van der Waals surface area (Å²) in [6, 6.07) is 6.09. The maximum Gasteiger partial charge on any atom is 0.139 e. The van der Waals surface area contributed by atoms with Crippen LogP contribution in [-0.2, 0) is 11.3 Å². The van der Waals surface area contributed by atoms with Crippen molar-refractivity contribution < 1.29 is 9.13 Å². The molecule has 1 aromatic carbocycles. The summed E-state index contributed by atoms with van der Waals surface area (Å²) >= 11 is 0. The number of ether oxygens (including phenoxy) is 1. The molecule has 1 aromatic heterocycles. The van der Waals surface area contributed by atoms with Crippen LogP contribution in [0.25, 0.3) is 16.6 Å². The Hall–Kier alpha value is -2.45. The number of benzene rings is 1. The van der Waals surface area contributed by atoms with Crippen LogP contribution in [-0.4, -0.2) is 29.4 Å². The first-order chi connectivity index (χ1) is 11.5. The van der Waals surface area contributed by atoms with Crippen molar-refractivity contribution in [1.29, 1.82) is 5.26 Å². The van der Waals surface area contributed by atoms with Crippen LogP contribution in [0.15, 0.2) is 29.9 Å². The van der Waals surface area contributed by atoms with Gasteiger partial charge in [-0.3, -0.25) is 0 Å². The average molecular weight is 325 g/mol. The van der Waals surface area contributed by atoms with Gasteiger partial charge in [0.1, 0.15) is 12.0 Å². The minimum absolute atomic E-state index is 0.171. The van der Waals surface area contributed by atoms with Gasteiger partial charge in [-0.2, -0.15) is 5.26 Å². The van der Waals surface area contributed by atoms with Gasteiger partial charge in [-0.25, -0.2) is 9.37 Å². The number of hydrogen-bond donors (Lipinski definition) is 0. The van der Waals surface area contributed by atoms with Crippen LogP contribution in [0.5, 0.6) is 0 Å². The third-order valence-electron chi connectivity index (χ3n) is 4.50. The Bertz CT molecular complexity index is 886. The Morgan fingerprint density at radius 1 is 1.33 bits per heavy atom. The summed E-state index contributed by atoms with van der Waals surface area (Å²) in [5.74, 6) is 0.753. The number of imidazole rings is 1. The maximum absolute atomic E-state index is 14.2. The smallest absolute Gasteiger partial charge is 0.139 e. The largest absolute Gasteiger partial charge is 0.383 e. The fourth-order valence-electron chi connectivity index (χ4n) is 2.97. The molecule has 0 radical (unpaired) electrons. The second-order valence-corrected chi connectivity index (χ2v) is 6.10. The monoisotopic (exact) mass is 325 g/mol. The molecule has 124 valence electrons. The van der Waals surface area contributed by atoms with E-state index in [9.17, 15) is 4.39 Å². The number of halogens is 1. The molecule has 2 aromatic rings. The second-order valence-electron chi connectivity index (χ2n) is 6.10. The molecular formula is C19H20FN3O. The number of aryl methyl sites for hydroxylation is 2. The highest BCUT2D eigenvalue weighted by atomic mass is 19.1. The van der Waals surface area contributed by atoms with E-state index in [0.29, 0.717) is 13.2 Å². The van der Waals surface area contributed by atoms with Gasteiger partial charge in [0.2, 0.25) is 0 Å². The lowest BCUT2D eigenvalue weighted by Gasteiger charge is -2.16. The summed E-state index contributed by atoms with van der Waals surface area (Å²) in [5.41, 5.74) is 5.28. The number of nitrogens with zero attached hydrogens (tertiary/aromatic N) is 3. The Kier molecular flexibility index (Phi) is 4.50. The van der Waals surface area contributed by atoms with Crippen molar-refractivity contribution in [3.8, 4) is 6.07 Å². The molecular weight excluding hydrogens is 305 g/mol. The number of methoxy groups -OCH3 is 1. The molecule has 1 unspecified atom stereocenters. The molecule has 5 heteroatoms. The van der Waals surface area contributed by atoms with Crippen LogP contribution in [0.3, 0.4) is 0 Å². The lowest BCUT2D eigenvalue weighted by Crippen LogP contribution is -2.13. The maximum atomic E-state index is 14.2. The summed E-state index contributed by atoms with van der Waals surface area (Å²) in [7, 11) is 1.66. The van der Waals surface area contributed by atoms with Crippen LogP contribution in [0.1, 0.15) is 23.4 Å². The molecule has 4 nitrogen and oxygen atoms in total. The van der Waals surface area contributed by atoms with Crippen LogP contribution < -0.4 is 0 Å². The number of allylic oxidation sites excluding steroid dienone is 4. The molecule has 1 atom stereocenters. The lowest BCUT2D eigenvalue weighted by molar-refractivity contribution is 0.188. The van der Waals surface area contributed by atoms with E-state index in [-0.39, 0.29) is 12.0 Å². The van der Waals surface area contributed by atoms with Crippen molar-refractivity contribution in [2.75, 3.05) is 13.7 Å². The molecule has 0 amide bonds. The van der Waals surface area contributed by atoms with Gasteiger partial charge in [0.25, 0.3) is 0 Å². The Morgan fingerprint density at radius 3 is 2.75 bits per heavy atom. The van der Waals surface area contributed by atoms with Crippen molar-refractivity contribution in [3.63, 3.8) is 0 Å². The van der Waals surface area contributed by atoms with E-state index in [1.54, 1.807) is 19.3 Å². The fraction of sp³-hybridized carbons (Fsp3) is 0.368.